The van der Waals surface area contributed by atoms with Gasteiger partial charge in [-0.3, -0.25) is 9.48 Å². The molecule has 1 amide bonds. The number of nitrogens with zero attached hydrogens (tertiary/aromatic N) is 4. The van der Waals surface area contributed by atoms with Gasteiger partial charge in [0, 0.05) is 37.6 Å². The van der Waals surface area contributed by atoms with Crippen molar-refractivity contribution in [3.8, 4) is 0 Å². The number of carbonyl (C=O) groups is 1. The fourth-order valence-electron chi connectivity index (χ4n) is 3.35. The number of aromatic nitrogens is 2. The lowest BCUT2D eigenvalue weighted by Gasteiger charge is -2.34. The molecule has 0 aliphatic carbocycles. The van der Waals surface area contributed by atoms with E-state index < -0.39 is 10.0 Å². The highest BCUT2D eigenvalue weighted by atomic mass is 32.2. The Morgan fingerprint density at radius 1 is 1.19 bits per heavy atom. The van der Waals surface area contributed by atoms with Crippen LogP contribution in [0.2, 0.25) is 0 Å². The normalized spacial score (nSPS) is 16.4. The maximum atomic E-state index is 13.1. The van der Waals surface area contributed by atoms with Gasteiger partial charge in [-0.25, -0.2) is 8.42 Å². The van der Waals surface area contributed by atoms with E-state index in [1.165, 1.54) is 15.6 Å². The van der Waals surface area contributed by atoms with Gasteiger partial charge in [0.2, 0.25) is 10.0 Å². The number of sulfonamides is 1. The van der Waals surface area contributed by atoms with Crippen LogP contribution >= 0.6 is 11.3 Å². The van der Waals surface area contributed by atoms with Crippen molar-refractivity contribution in [3.63, 3.8) is 0 Å². The van der Waals surface area contributed by atoms with Crippen LogP contribution in [-0.4, -0.2) is 59.5 Å². The van der Waals surface area contributed by atoms with Gasteiger partial charge in [-0.15, -0.1) is 0 Å². The first kappa shape index (κ1) is 19.1. The Balaban J connectivity index is 1.78. The van der Waals surface area contributed by atoms with Crippen LogP contribution in [0.15, 0.2) is 21.7 Å². The molecule has 1 saturated heterocycles. The standard InChI is InChI=1S/C17H24N4O3S2/c1-12(2)21-14(4)16(13(3)18-21)26(23,24)20-8-6-19(7-9-20)17(22)15-5-10-25-11-15/h5,10-12H,6-9H2,1-4H3. The van der Waals surface area contributed by atoms with E-state index in [4.69, 9.17) is 0 Å². The van der Waals surface area contributed by atoms with Gasteiger partial charge in [0.1, 0.15) is 4.90 Å². The van der Waals surface area contributed by atoms with Crippen molar-refractivity contribution in [2.24, 2.45) is 0 Å². The summed E-state index contributed by atoms with van der Waals surface area (Å²) in [5.41, 5.74) is 1.85. The van der Waals surface area contributed by atoms with Crippen molar-refractivity contribution in [2.75, 3.05) is 26.2 Å². The smallest absolute Gasteiger partial charge is 0.254 e. The molecule has 0 radical (unpaired) electrons. The van der Waals surface area contributed by atoms with E-state index in [0.29, 0.717) is 48.0 Å². The summed E-state index contributed by atoms with van der Waals surface area (Å²) in [7, 11) is -3.62. The molecule has 1 aliphatic rings. The van der Waals surface area contributed by atoms with Crippen molar-refractivity contribution < 1.29 is 13.2 Å². The lowest BCUT2D eigenvalue weighted by atomic mass is 10.2. The van der Waals surface area contributed by atoms with Gasteiger partial charge in [0.15, 0.2) is 0 Å². The van der Waals surface area contributed by atoms with Crippen LogP contribution in [0.3, 0.4) is 0 Å². The molecular formula is C17H24N4O3S2. The maximum absolute atomic E-state index is 13.1. The Kier molecular flexibility index (Phi) is 5.23. The van der Waals surface area contributed by atoms with Crippen LogP contribution in [0.4, 0.5) is 0 Å². The van der Waals surface area contributed by atoms with E-state index in [2.05, 4.69) is 5.10 Å². The fraction of sp³-hybridized carbons (Fsp3) is 0.529. The summed E-state index contributed by atoms with van der Waals surface area (Å²) in [6.45, 7) is 8.86. The first-order valence-corrected chi connectivity index (χ1v) is 11.0. The zero-order valence-corrected chi connectivity index (χ0v) is 17.1. The van der Waals surface area contributed by atoms with Gasteiger partial charge in [-0.05, 0) is 39.1 Å². The number of carbonyl (C=O) groups excluding carboxylic acids is 1. The molecule has 0 atom stereocenters. The van der Waals surface area contributed by atoms with Gasteiger partial charge >= 0.3 is 0 Å². The molecule has 0 N–H and O–H groups in total. The Hall–Kier alpha value is -1.71. The van der Waals surface area contributed by atoms with Crippen LogP contribution in [-0.2, 0) is 10.0 Å². The Morgan fingerprint density at radius 3 is 2.35 bits per heavy atom. The van der Waals surface area contributed by atoms with E-state index >= 15 is 0 Å². The molecule has 2 aromatic heterocycles. The summed E-state index contributed by atoms with van der Waals surface area (Å²) in [6, 6.07) is 1.89. The summed E-state index contributed by atoms with van der Waals surface area (Å²) in [4.78, 5) is 14.4. The molecule has 9 heteroatoms. The molecule has 2 aromatic rings. The summed E-state index contributed by atoms with van der Waals surface area (Å²) in [5.74, 6) is -0.0386. The summed E-state index contributed by atoms with van der Waals surface area (Å²) in [6.07, 6.45) is 0. The Labute approximate surface area is 158 Å². The average Bonchev–Trinajstić information content (AvgIpc) is 3.22. The minimum Gasteiger partial charge on any atom is -0.336 e. The molecule has 3 rings (SSSR count). The summed E-state index contributed by atoms with van der Waals surface area (Å²) < 4.78 is 29.5. The molecule has 1 aliphatic heterocycles. The average molecular weight is 397 g/mol. The van der Waals surface area contributed by atoms with Crippen molar-refractivity contribution in [1.82, 2.24) is 19.0 Å². The maximum Gasteiger partial charge on any atom is 0.254 e. The second kappa shape index (κ2) is 7.13. The van der Waals surface area contributed by atoms with Crippen LogP contribution < -0.4 is 0 Å². The number of amides is 1. The lowest BCUT2D eigenvalue weighted by molar-refractivity contribution is 0.0698. The second-order valence-electron chi connectivity index (χ2n) is 6.75. The van der Waals surface area contributed by atoms with E-state index in [9.17, 15) is 13.2 Å². The number of hydrogen-bond donors (Lipinski definition) is 0. The molecule has 0 unspecified atom stereocenters. The molecule has 1 fully saturated rings. The molecule has 7 nitrogen and oxygen atoms in total. The van der Waals surface area contributed by atoms with Crippen molar-refractivity contribution >= 4 is 27.3 Å². The predicted octanol–water partition coefficient (Wildman–Crippen LogP) is 2.29. The third-order valence-electron chi connectivity index (χ3n) is 4.64. The lowest BCUT2D eigenvalue weighted by Crippen LogP contribution is -2.50. The molecule has 26 heavy (non-hydrogen) atoms. The van der Waals surface area contributed by atoms with Gasteiger partial charge in [0.25, 0.3) is 5.91 Å². The van der Waals surface area contributed by atoms with Gasteiger partial charge in [-0.1, -0.05) is 0 Å². The second-order valence-corrected chi connectivity index (χ2v) is 9.40. The fourth-order valence-corrected chi connectivity index (χ4v) is 5.77. The van der Waals surface area contributed by atoms with Crippen LogP contribution in [0.1, 0.15) is 41.6 Å². The molecule has 0 bridgehead atoms. The monoisotopic (exact) mass is 396 g/mol. The topological polar surface area (TPSA) is 75.5 Å². The number of thiophene rings is 1. The zero-order chi connectivity index (χ0) is 19.1. The van der Waals surface area contributed by atoms with Crippen LogP contribution in [0, 0.1) is 13.8 Å². The SMILES string of the molecule is Cc1nn(C(C)C)c(C)c1S(=O)(=O)N1CCN(C(=O)c2ccsc2)CC1. The van der Waals surface area contributed by atoms with E-state index in [1.54, 1.807) is 29.5 Å². The number of rotatable bonds is 4. The van der Waals surface area contributed by atoms with E-state index in [1.807, 2.05) is 24.6 Å². The number of hydrogen-bond acceptors (Lipinski definition) is 5. The van der Waals surface area contributed by atoms with Crippen molar-refractivity contribution in [3.05, 3.63) is 33.8 Å². The van der Waals surface area contributed by atoms with Crippen LogP contribution in [0.5, 0.6) is 0 Å². The van der Waals surface area contributed by atoms with E-state index in [0.717, 1.165) is 0 Å². The third-order valence-corrected chi connectivity index (χ3v) is 7.47. The number of piperazine rings is 1. The number of aryl methyl sites for hydroxylation is 1. The summed E-state index contributed by atoms with van der Waals surface area (Å²) >= 11 is 1.48. The van der Waals surface area contributed by atoms with Crippen molar-refractivity contribution in [2.45, 2.75) is 38.6 Å². The molecular weight excluding hydrogens is 372 g/mol. The molecule has 0 spiro atoms. The first-order chi connectivity index (χ1) is 12.2. The zero-order valence-electron chi connectivity index (χ0n) is 15.5. The van der Waals surface area contributed by atoms with Crippen LogP contribution in [0.25, 0.3) is 0 Å². The Morgan fingerprint density at radius 2 is 1.85 bits per heavy atom. The third kappa shape index (κ3) is 3.30. The largest absolute Gasteiger partial charge is 0.336 e. The van der Waals surface area contributed by atoms with Gasteiger partial charge < -0.3 is 4.90 Å². The highest BCUT2D eigenvalue weighted by Gasteiger charge is 2.34. The minimum atomic E-state index is -3.62. The highest BCUT2D eigenvalue weighted by Crippen LogP contribution is 2.26. The quantitative estimate of drug-likeness (QED) is 0.795. The minimum absolute atomic E-state index is 0.0386. The predicted molar refractivity (Wildman–Crippen MR) is 101 cm³/mol. The highest BCUT2D eigenvalue weighted by molar-refractivity contribution is 7.89. The molecule has 0 saturated carbocycles. The Bertz CT molecular complexity index is 893. The summed E-state index contributed by atoms with van der Waals surface area (Å²) in [5, 5.41) is 8.08. The first-order valence-electron chi connectivity index (χ1n) is 8.60. The molecule has 142 valence electrons. The molecule has 3 heterocycles. The van der Waals surface area contributed by atoms with Crippen molar-refractivity contribution in [1.29, 1.82) is 0 Å². The van der Waals surface area contributed by atoms with Gasteiger partial charge in [-0.2, -0.15) is 20.7 Å². The van der Waals surface area contributed by atoms with E-state index in [-0.39, 0.29) is 11.9 Å². The molecule has 0 aromatic carbocycles. The van der Waals surface area contributed by atoms with Gasteiger partial charge in [0.05, 0.1) is 17.0 Å².